The number of hydrogen-bond donors (Lipinski definition) is 2. The van der Waals surface area contributed by atoms with Gasteiger partial charge in [0.1, 0.15) is 6.04 Å². The fourth-order valence-corrected chi connectivity index (χ4v) is 4.55. The van der Waals surface area contributed by atoms with E-state index in [0.29, 0.717) is 24.7 Å². The molecule has 1 fully saturated rings. The van der Waals surface area contributed by atoms with E-state index in [1.54, 1.807) is 13.1 Å². The molecular weight excluding hydrogens is 354 g/mol. The zero-order valence-corrected chi connectivity index (χ0v) is 15.7. The number of piperidine rings is 1. The lowest BCUT2D eigenvalue weighted by Crippen LogP contribution is -2.57. The van der Waals surface area contributed by atoms with Gasteiger partial charge in [0.05, 0.1) is 6.20 Å². The molecule has 2 heterocycles. The Kier molecular flexibility index (Phi) is 5.15. The molecule has 1 aromatic heterocycles. The van der Waals surface area contributed by atoms with Crippen LogP contribution in [0, 0.1) is 0 Å². The SMILES string of the molecule is CC(NC(=O)C1(S(C)(=O)=O)CCNCC1)c1ncc(-c2ccccc2)o1. The second kappa shape index (κ2) is 7.20. The number of carbonyl (C=O) groups is 1. The van der Waals surface area contributed by atoms with Crippen molar-refractivity contribution in [1.29, 1.82) is 0 Å². The van der Waals surface area contributed by atoms with Crippen LogP contribution in [0.15, 0.2) is 40.9 Å². The largest absolute Gasteiger partial charge is 0.438 e. The van der Waals surface area contributed by atoms with E-state index in [9.17, 15) is 13.2 Å². The topological polar surface area (TPSA) is 101 Å². The van der Waals surface area contributed by atoms with Gasteiger partial charge in [-0.05, 0) is 32.9 Å². The van der Waals surface area contributed by atoms with Crippen molar-refractivity contribution < 1.29 is 17.6 Å². The first-order chi connectivity index (χ1) is 12.3. The maximum Gasteiger partial charge on any atom is 0.242 e. The molecular formula is C18H23N3O4S. The molecule has 26 heavy (non-hydrogen) atoms. The second-order valence-electron chi connectivity index (χ2n) is 6.64. The highest BCUT2D eigenvalue weighted by Crippen LogP contribution is 2.29. The standard InChI is InChI=1S/C18H23N3O4S/c1-13(16-20-12-15(25-16)14-6-4-3-5-7-14)21-17(22)18(26(2,23)24)8-10-19-11-9-18/h3-7,12-13,19H,8-11H2,1-2H3,(H,21,22). The average Bonchev–Trinajstić information content (AvgIpc) is 3.12. The van der Waals surface area contributed by atoms with Crippen molar-refractivity contribution in [3.05, 3.63) is 42.4 Å². The van der Waals surface area contributed by atoms with Crippen LogP contribution in [-0.4, -0.2) is 43.4 Å². The van der Waals surface area contributed by atoms with Gasteiger partial charge in [0.25, 0.3) is 0 Å². The predicted octanol–water partition coefficient (Wildman–Crippen LogP) is 1.69. The Bertz CT molecular complexity index is 871. The zero-order valence-electron chi connectivity index (χ0n) is 14.9. The molecule has 1 aliphatic rings. The van der Waals surface area contributed by atoms with E-state index >= 15 is 0 Å². The Morgan fingerprint density at radius 1 is 1.27 bits per heavy atom. The number of sulfone groups is 1. The molecule has 0 aliphatic carbocycles. The zero-order chi connectivity index (χ0) is 18.8. The van der Waals surface area contributed by atoms with Crippen molar-refractivity contribution in [3.8, 4) is 11.3 Å². The third kappa shape index (κ3) is 3.52. The summed E-state index contributed by atoms with van der Waals surface area (Å²) >= 11 is 0. The minimum Gasteiger partial charge on any atom is -0.438 e. The first-order valence-electron chi connectivity index (χ1n) is 8.56. The van der Waals surface area contributed by atoms with Crippen LogP contribution in [0.25, 0.3) is 11.3 Å². The van der Waals surface area contributed by atoms with Crippen molar-refractivity contribution in [2.45, 2.75) is 30.6 Å². The van der Waals surface area contributed by atoms with E-state index in [-0.39, 0.29) is 12.8 Å². The number of nitrogens with zero attached hydrogens (tertiary/aromatic N) is 1. The number of hydrogen-bond acceptors (Lipinski definition) is 6. The van der Waals surface area contributed by atoms with Crippen molar-refractivity contribution in [2.24, 2.45) is 0 Å². The highest BCUT2D eigenvalue weighted by molar-refractivity contribution is 7.92. The van der Waals surface area contributed by atoms with E-state index in [1.165, 1.54) is 0 Å². The Hall–Kier alpha value is -2.19. The highest BCUT2D eigenvalue weighted by atomic mass is 32.2. The van der Waals surface area contributed by atoms with Crippen LogP contribution >= 0.6 is 0 Å². The van der Waals surface area contributed by atoms with Crippen LogP contribution < -0.4 is 10.6 Å². The summed E-state index contributed by atoms with van der Waals surface area (Å²) in [4.78, 5) is 17.1. The van der Waals surface area contributed by atoms with Gasteiger partial charge >= 0.3 is 0 Å². The Labute approximate surface area is 153 Å². The molecule has 0 radical (unpaired) electrons. The lowest BCUT2D eigenvalue weighted by molar-refractivity contribution is -0.125. The summed E-state index contributed by atoms with van der Waals surface area (Å²) in [7, 11) is -3.56. The van der Waals surface area contributed by atoms with Crippen molar-refractivity contribution in [2.75, 3.05) is 19.3 Å². The monoisotopic (exact) mass is 377 g/mol. The number of nitrogens with one attached hydrogen (secondary N) is 2. The minimum atomic E-state index is -3.56. The van der Waals surface area contributed by atoms with E-state index in [2.05, 4.69) is 15.6 Å². The molecule has 1 aromatic carbocycles. The molecule has 0 saturated carbocycles. The van der Waals surface area contributed by atoms with E-state index in [1.807, 2.05) is 30.3 Å². The van der Waals surface area contributed by atoms with Crippen LogP contribution in [-0.2, 0) is 14.6 Å². The minimum absolute atomic E-state index is 0.255. The molecule has 1 atom stereocenters. The van der Waals surface area contributed by atoms with E-state index in [0.717, 1.165) is 11.8 Å². The number of carbonyl (C=O) groups excluding carboxylic acids is 1. The number of benzene rings is 1. The molecule has 1 amide bonds. The molecule has 1 saturated heterocycles. The molecule has 0 bridgehead atoms. The molecule has 8 heteroatoms. The van der Waals surface area contributed by atoms with Gasteiger partial charge in [-0.2, -0.15) is 0 Å². The smallest absolute Gasteiger partial charge is 0.242 e. The second-order valence-corrected chi connectivity index (χ2v) is 8.97. The normalized spacial score (nSPS) is 18.2. The van der Waals surface area contributed by atoms with Crippen LogP contribution in [0.1, 0.15) is 31.7 Å². The molecule has 3 rings (SSSR count). The van der Waals surface area contributed by atoms with Gasteiger partial charge in [0, 0.05) is 11.8 Å². The van der Waals surface area contributed by atoms with Crippen LogP contribution in [0.4, 0.5) is 0 Å². The third-order valence-electron chi connectivity index (χ3n) is 4.83. The number of aromatic nitrogens is 1. The van der Waals surface area contributed by atoms with Gasteiger partial charge in [-0.25, -0.2) is 13.4 Å². The highest BCUT2D eigenvalue weighted by Gasteiger charge is 2.49. The van der Waals surface area contributed by atoms with Gasteiger partial charge in [0.15, 0.2) is 20.3 Å². The predicted molar refractivity (Wildman–Crippen MR) is 98.2 cm³/mol. The summed E-state index contributed by atoms with van der Waals surface area (Å²) in [5.41, 5.74) is 0.885. The molecule has 1 unspecified atom stereocenters. The molecule has 7 nitrogen and oxygen atoms in total. The fraction of sp³-hybridized carbons (Fsp3) is 0.444. The van der Waals surface area contributed by atoms with Crippen LogP contribution in [0.5, 0.6) is 0 Å². The first kappa shape index (κ1) is 18.6. The maximum absolute atomic E-state index is 12.8. The van der Waals surface area contributed by atoms with Gasteiger partial charge in [-0.3, -0.25) is 4.79 Å². The van der Waals surface area contributed by atoms with E-state index in [4.69, 9.17) is 4.42 Å². The van der Waals surface area contributed by atoms with Gasteiger partial charge in [-0.15, -0.1) is 0 Å². The maximum atomic E-state index is 12.8. The summed E-state index contributed by atoms with van der Waals surface area (Å²) in [6.45, 7) is 2.72. The van der Waals surface area contributed by atoms with Gasteiger partial charge in [-0.1, -0.05) is 30.3 Å². The molecule has 2 aromatic rings. The van der Waals surface area contributed by atoms with Crippen LogP contribution in [0.2, 0.25) is 0 Å². The number of amides is 1. The molecule has 1 aliphatic heterocycles. The molecule has 0 spiro atoms. The van der Waals surface area contributed by atoms with E-state index < -0.39 is 26.5 Å². The van der Waals surface area contributed by atoms with Crippen LogP contribution in [0.3, 0.4) is 0 Å². The molecule has 140 valence electrons. The average molecular weight is 377 g/mol. The van der Waals surface area contributed by atoms with Gasteiger partial charge in [0.2, 0.25) is 11.8 Å². The van der Waals surface area contributed by atoms with Crippen molar-refractivity contribution in [1.82, 2.24) is 15.6 Å². The molecule has 2 N–H and O–H groups in total. The Morgan fingerprint density at radius 3 is 2.54 bits per heavy atom. The van der Waals surface area contributed by atoms with Crippen molar-refractivity contribution in [3.63, 3.8) is 0 Å². The summed E-state index contributed by atoms with van der Waals surface area (Å²) in [6.07, 6.45) is 3.24. The van der Waals surface area contributed by atoms with Crippen molar-refractivity contribution >= 4 is 15.7 Å². The summed E-state index contributed by atoms with van der Waals surface area (Å²) in [5, 5.41) is 5.87. The number of rotatable bonds is 5. The summed E-state index contributed by atoms with van der Waals surface area (Å²) in [6, 6.07) is 8.98. The first-order valence-corrected chi connectivity index (χ1v) is 10.4. The summed E-state index contributed by atoms with van der Waals surface area (Å²) in [5.74, 6) is 0.449. The number of oxazole rings is 1. The lowest BCUT2D eigenvalue weighted by atomic mass is 9.95. The Morgan fingerprint density at radius 2 is 1.92 bits per heavy atom. The Balaban J connectivity index is 1.78. The lowest BCUT2D eigenvalue weighted by Gasteiger charge is -2.34. The fourth-order valence-electron chi connectivity index (χ4n) is 3.21. The summed E-state index contributed by atoms with van der Waals surface area (Å²) < 4.78 is 29.0. The quantitative estimate of drug-likeness (QED) is 0.822. The van der Waals surface area contributed by atoms with Gasteiger partial charge < -0.3 is 15.1 Å². The third-order valence-corrected chi connectivity index (χ3v) is 6.85.